The van der Waals surface area contributed by atoms with E-state index in [0.29, 0.717) is 6.54 Å². The molecule has 0 aliphatic carbocycles. The lowest BCUT2D eigenvalue weighted by Crippen LogP contribution is -2.05. The second kappa shape index (κ2) is 3.42. The van der Waals surface area contributed by atoms with Gasteiger partial charge in [-0.3, -0.25) is 4.68 Å². The Morgan fingerprint density at radius 3 is 2.67 bits per heavy atom. The minimum atomic E-state index is 0. The third-order valence-electron chi connectivity index (χ3n) is 0.988. The molecule has 0 aromatic carbocycles. The van der Waals surface area contributed by atoms with Crippen LogP contribution >= 0.6 is 12.4 Å². The van der Waals surface area contributed by atoms with Gasteiger partial charge in [0.2, 0.25) is 0 Å². The highest BCUT2D eigenvalue weighted by molar-refractivity contribution is 5.85. The molecule has 0 saturated carbocycles. The molecule has 0 fully saturated rings. The molecule has 5 heteroatoms. The summed E-state index contributed by atoms with van der Waals surface area (Å²) in [5.41, 5.74) is 5.27. The van der Waals surface area contributed by atoms with Gasteiger partial charge in [0.05, 0.1) is 6.54 Å². The Morgan fingerprint density at radius 2 is 2.44 bits per heavy atom. The lowest BCUT2D eigenvalue weighted by Gasteiger charge is -1.90. The molecule has 0 spiro atoms. The van der Waals surface area contributed by atoms with E-state index in [1.807, 2.05) is 7.05 Å². The average molecular weight is 149 g/mol. The summed E-state index contributed by atoms with van der Waals surface area (Å²) in [7, 11) is 1.81. The van der Waals surface area contributed by atoms with Crippen LogP contribution in [0.2, 0.25) is 0 Å². The van der Waals surface area contributed by atoms with E-state index in [2.05, 4.69) is 10.1 Å². The maximum Gasteiger partial charge on any atom is 0.140 e. The molecule has 0 saturated heterocycles. The van der Waals surface area contributed by atoms with E-state index >= 15 is 0 Å². The average Bonchev–Trinajstić information content (AvgIpc) is 2.14. The quantitative estimate of drug-likeness (QED) is 0.595. The highest BCUT2D eigenvalue weighted by atomic mass is 35.5. The van der Waals surface area contributed by atoms with Crippen LogP contribution in [0.3, 0.4) is 0 Å². The first-order valence-electron chi connectivity index (χ1n) is 2.37. The van der Waals surface area contributed by atoms with Crippen LogP contribution in [0.25, 0.3) is 0 Å². The van der Waals surface area contributed by atoms with Crippen molar-refractivity contribution in [3.05, 3.63) is 12.2 Å². The van der Waals surface area contributed by atoms with Gasteiger partial charge in [0.1, 0.15) is 12.2 Å². The van der Waals surface area contributed by atoms with Gasteiger partial charge in [-0.15, -0.1) is 12.4 Å². The highest BCUT2D eigenvalue weighted by Gasteiger charge is 1.92. The molecular weight excluding hydrogens is 140 g/mol. The molecule has 52 valence electrons. The Hall–Kier alpha value is -0.610. The molecule has 1 rings (SSSR count). The van der Waals surface area contributed by atoms with Gasteiger partial charge in [-0.25, -0.2) is 4.98 Å². The summed E-state index contributed by atoms with van der Waals surface area (Å²) in [6.07, 6.45) is 1.49. The molecule has 1 aromatic rings. The maximum absolute atomic E-state index is 5.27. The molecule has 0 aliphatic heterocycles. The van der Waals surface area contributed by atoms with E-state index in [4.69, 9.17) is 5.73 Å². The smallest absolute Gasteiger partial charge is 0.140 e. The molecule has 0 aliphatic rings. The van der Waals surface area contributed by atoms with Crippen molar-refractivity contribution in [1.82, 2.24) is 14.8 Å². The Bertz CT molecular complexity index is 173. The zero-order valence-corrected chi connectivity index (χ0v) is 5.93. The maximum atomic E-state index is 5.27. The van der Waals surface area contributed by atoms with Crippen molar-refractivity contribution in [3.63, 3.8) is 0 Å². The van der Waals surface area contributed by atoms with Crippen LogP contribution in [0.1, 0.15) is 5.82 Å². The fraction of sp³-hybridized carbons (Fsp3) is 0.500. The third-order valence-corrected chi connectivity index (χ3v) is 0.988. The van der Waals surface area contributed by atoms with Gasteiger partial charge >= 0.3 is 0 Å². The topological polar surface area (TPSA) is 56.7 Å². The Kier molecular flexibility index (Phi) is 3.19. The van der Waals surface area contributed by atoms with E-state index in [9.17, 15) is 0 Å². The molecule has 0 amide bonds. The molecule has 0 radical (unpaired) electrons. The predicted molar refractivity (Wildman–Crippen MR) is 36.1 cm³/mol. The molecular formula is C4H9ClN4. The van der Waals surface area contributed by atoms with Crippen molar-refractivity contribution < 1.29 is 0 Å². The largest absolute Gasteiger partial charge is 0.324 e. The normalized spacial score (nSPS) is 8.67. The van der Waals surface area contributed by atoms with Crippen molar-refractivity contribution in [2.24, 2.45) is 12.8 Å². The predicted octanol–water partition coefficient (Wildman–Crippen LogP) is -0.304. The SMILES string of the molecule is Cl.Cn1ncnc1CN. The van der Waals surface area contributed by atoms with Crippen LogP contribution in [-0.4, -0.2) is 14.8 Å². The van der Waals surface area contributed by atoms with Gasteiger partial charge in [-0.2, -0.15) is 5.10 Å². The van der Waals surface area contributed by atoms with Crippen molar-refractivity contribution in [1.29, 1.82) is 0 Å². The second-order valence-corrected chi connectivity index (χ2v) is 1.50. The summed E-state index contributed by atoms with van der Waals surface area (Å²) < 4.78 is 1.65. The zero-order valence-electron chi connectivity index (χ0n) is 5.11. The van der Waals surface area contributed by atoms with Crippen molar-refractivity contribution in [3.8, 4) is 0 Å². The zero-order chi connectivity index (χ0) is 5.98. The van der Waals surface area contributed by atoms with Gasteiger partial charge in [-0.1, -0.05) is 0 Å². The number of nitrogens with zero attached hydrogens (tertiary/aromatic N) is 3. The summed E-state index contributed by atoms with van der Waals surface area (Å²) in [6.45, 7) is 0.455. The van der Waals surface area contributed by atoms with Gasteiger partial charge in [-0.05, 0) is 0 Å². The summed E-state index contributed by atoms with van der Waals surface area (Å²) >= 11 is 0. The Morgan fingerprint density at radius 1 is 1.78 bits per heavy atom. The number of aromatic nitrogens is 3. The minimum Gasteiger partial charge on any atom is -0.324 e. The first-order chi connectivity index (χ1) is 3.84. The summed E-state index contributed by atoms with van der Waals surface area (Å²) in [4.78, 5) is 3.86. The number of halogens is 1. The van der Waals surface area contributed by atoms with Gasteiger partial charge in [0, 0.05) is 7.05 Å². The summed E-state index contributed by atoms with van der Waals surface area (Å²) in [5.74, 6) is 0.810. The fourth-order valence-corrected chi connectivity index (χ4v) is 0.505. The van der Waals surface area contributed by atoms with E-state index in [1.54, 1.807) is 4.68 Å². The molecule has 0 bridgehead atoms. The van der Waals surface area contributed by atoms with E-state index < -0.39 is 0 Å². The first kappa shape index (κ1) is 8.39. The van der Waals surface area contributed by atoms with Crippen LogP contribution in [0.4, 0.5) is 0 Å². The van der Waals surface area contributed by atoms with Gasteiger partial charge < -0.3 is 5.73 Å². The number of hydrogen-bond donors (Lipinski definition) is 1. The first-order valence-corrected chi connectivity index (χ1v) is 2.37. The van der Waals surface area contributed by atoms with Crippen molar-refractivity contribution in [2.45, 2.75) is 6.54 Å². The molecule has 0 unspecified atom stereocenters. The van der Waals surface area contributed by atoms with Crippen LogP contribution in [0.15, 0.2) is 6.33 Å². The van der Waals surface area contributed by atoms with Gasteiger partial charge in [0.25, 0.3) is 0 Å². The molecule has 4 nitrogen and oxygen atoms in total. The number of rotatable bonds is 1. The van der Waals surface area contributed by atoms with Crippen LogP contribution in [0.5, 0.6) is 0 Å². The Balaban J connectivity index is 0.000000640. The number of aryl methyl sites for hydroxylation is 1. The molecule has 9 heavy (non-hydrogen) atoms. The highest BCUT2D eigenvalue weighted by Crippen LogP contribution is 1.84. The van der Waals surface area contributed by atoms with Crippen molar-refractivity contribution in [2.75, 3.05) is 0 Å². The lowest BCUT2D eigenvalue weighted by molar-refractivity contribution is 0.702. The molecule has 2 N–H and O–H groups in total. The monoisotopic (exact) mass is 148 g/mol. The second-order valence-electron chi connectivity index (χ2n) is 1.50. The molecule has 1 aromatic heterocycles. The van der Waals surface area contributed by atoms with Crippen molar-refractivity contribution >= 4 is 12.4 Å². The number of nitrogens with two attached hydrogens (primary N) is 1. The van der Waals surface area contributed by atoms with Crippen LogP contribution < -0.4 is 5.73 Å². The lowest BCUT2D eigenvalue weighted by atomic mass is 10.6. The van der Waals surface area contributed by atoms with Crippen LogP contribution in [0, 0.1) is 0 Å². The van der Waals surface area contributed by atoms with Gasteiger partial charge in [0.15, 0.2) is 0 Å². The van der Waals surface area contributed by atoms with Crippen LogP contribution in [-0.2, 0) is 13.6 Å². The standard InChI is InChI=1S/C4H8N4.ClH/c1-8-4(2-5)6-3-7-8;/h3H,2,5H2,1H3;1H. The Labute approximate surface area is 59.5 Å². The molecule has 1 heterocycles. The van der Waals surface area contributed by atoms with E-state index in [0.717, 1.165) is 5.82 Å². The van der Waals surface area contributed by atoms with E-state index in [-0.39, 0.29) is 12.4 Å². The summed E-state index contributed by atoms with van der Waals surface area (Å²) in [6, 6.07) is 0. The number of hydrogen-bond acceptors (Lipinski definition) is 3. The minimum absolute atomic E-state index is 0. The summed E-state index contributed by atoms with van der Waals surface area (Å²) in [5, 5.41) is 3.81. The fourth-order valence-electron chi connectivity index (χ4n) is 0.505. The molecule has 0 atom stereocenters. The third kappa shape index (κ3) is 1.65. The van der Waals surface area contributed by atoms with E-state index in [1.165, 1.54) is 6.33 Å².